The van der Waals surface area contributed by atoms with Gasteiger partial charge in [0.25, 0.3) is 5.91 Å². The number of hydrogen-bond acceptors (Lipinski definition) is 4. The highest BCUT2D eigenvalue weighted by atomic mass is 79.9. The fourth-order valence-corrected chi connectivity index (χ4v) is 3.81. The molecule has 3 rings (SSSR count). The number of ether oxygens (including phenoxy) is 2. The predicted octanol–water partition coefficient (Wildman–Crippen LogP) is 2.78. The number of carbonyl (C=O) groups is 1. The highest BCUT2D eigenvalue weighted by Gasteiger charge is 2.24. The first-order valence-corrected chi connectivity index (χ1v) is 9.43. The lowest BCUT2D eigenvalue weighted by Gasteiger charge is -2.24. The molecule has 1 aromatic rings. The van der Waals surface area contributed by atoms with Crippen molar-refractivity contribution in [2.75, 3.05) is 46.4 Å². The van der Waals surface area contributed by atoms with Crippen molar-refractivity contribution < 1.29 is 14.3 Å². The van der Waals surface area contributed by atoms with Gasteiger partial charge in [-0.25, -0.2) is 0 Å². The highest BCUT2D eigenvalue weighted by Crippen LogP contribution is 2.24. The maximum atomic E-state index is 12.9. The first-order valence-electron chi connectivity index (χ1n) is 8.64. The van der Waals surface area contributed by atoms with Gasteiger partial charge in [0, 0.05) is 37.3 Å². The van der Waals surface area contributed by atoms with Crippen molar-refractivity contribution in [1.82, 2.24) is 9.80 Å². The van der Waals surface area contributed by atoms with Crippen LogP contribution in [0.25, 0.3) is 0 Å². The average Bonchev–Trinajstić information content (AvgIpc) is 2.99. The van der Waals surface area contributed by atoms with Gasteiger partial charge in [-0.15, -0.1) is 0 Å². The molecule has 0 saturated carbocycles. The molecule has 0 aromatic heterocycles. The van der Waals surface area contributed by atoms with E-state index >= 15 is 0 Å². The fraction of sp³-hybridized carbons (Fsp3) is 0.611. The van der Waals surface area contributed by atoms with Crippen LogP contribution in [0.1, 0.15) is 29.6 Å². The molecule has 2 heterocycles. The van der Waals surface area contributed by atoms with Crippen molar-refractivity contribution in [1.29, 1.82) is 0 Å². The van der Waals surface area contributed by atoms with Crippen LogP contribution in [0.2, 0.25) is 0 Å². The summed E-state index contributed by atoms with van der Waals surface area (Å²) in [5.41, 5.74) is 0.668. The summed E-state index contributed by atoms with van der Waals surface area (Å²) in [4.78, 5) is 17.3. The van der Waals surface area contributed by atoms with Gasteiger partial charge in [-0.1, -0.05) is 0 Å². The summed E-state index contributed by atoms with van der Waals surface area (Å²) in [7, 11) is 1.62. The first-order chi connectivity index (χ1) is 11.7. The molecular weight excluding hydrogens is 372 g/mol. The lowest BCUT2D eigenvalue weighted by atomic mass is 10.2. The number of hydrogen-bond donors (Lipinski definition) is 0. The molecule has 2 aliphatic heterocycles. The van der Waals surface area contributed by atoms with E-state index in [9.17, 15) is 4.79 Å². The lowest BCUT2D eigenvalue weighted by molar-refractivity contribution is 0.0703. The number of halogens is 1. The Morgan fingerprint density at radius 3 is 2.92 bits per heavy atom. The summed E-state index contributed by atoms with van der Waals surface area (Å²) in [6.45, 7) is 5.38. The fourth-order valence-electron chi connectivity index (χ4n) is 3.40. The predicted molar refractivity (Wildman–Crippen MR) is 96.6 cm³/mol. The average molecular weight is 397 g/mol. The van der Waals surface area contributed by atoms with E-state index in [1.54, 1.807) is 13.2 Å². The SMILES string of the molecule is COc1ccc(Br)c(C(=O)N2CCCN(CC3CCCO3)CC2)c1. The van der Waals surface area contributed by atoms with Crippen molar-refractivity contribution in [2.45, 2.75) is 25.4 Å². The molecular formula is C18H25BrN2O3. The van der Waals surface area contributed by atoms with E-state index in [2.05, 4.69) is 20.8 Å². The summed E-state index contributed by atoms with van der Waals surface area (Å²) in [5, 5.41) is 0. The molecule has 0 N–H and O–H groups in total. The molecule has 1 unspecified atom stereocenters. The number of nitrogens with zero attached hydrogens (tertiary/aromatic N) is 2. The van der Waals surface area contributed by atoms with Gasteiger partial charge in [0.15, 0.2) is 0 Å². The van der Waals surface area contributed by atoms with Gasteiger partial charge < -0.3 is 14.4 Å². The minimum absolute atomic E-state index is 0.0692. The second-order valence-electron chi connectivity index (χ2n) is 6.43. The van der Waals surface area contributed by atoms with E-state index in [0.717, 1.165) is 56.6 Å². The number of rotatable bonds is 4. The molecule has 0 spiro atoms. The highest BCUT2D eigenvalue weighted by molar-refractivity contribution is 9.10. The largest absolute Gasteiger partial charge is 0.497 e. The lowest BCUT2D eigenvalue weighted by Crippen LogP contribution is -2.37. The van der Waals surface area contributed by atoms with Crippen molar-refractivity contribution in [3.05, 3.63) is 28.2 Å². The van der Waals surface area contributed by atoms with Gasteiger partial charge in [-0.3, -0.25) is 9.69 Å². The molecule has 1 aromatic carbocycles. The summed E-state index contributed by atoms with van der Waals surface area (Å²) in [6.07, 6.45) is 3.71. The van der Waals surface area contributed by atoms with Crippen LogP contribution < -0.4 is 4.74 Å². The summed E-state index contributed by atoms with van der Waals surface area (Å²) >= 11 is 3.49. The van der Waals surface area contributed by atoms with Crippen LogP contribution in [0.4, 0.5) is 0 Å². The molecule has 6 heteroatoms. The smallest absolute Gasteiger partial charge is 0.255 e. The van der Waals surface area contributed by atoms with Crippen LogP contribution in [-0.4, -0.2) is 68.3 Å². The van der Waals surface area contributed by atoms with E-state index in [-0.39, 0.29) is 5.91 Å². The summed E-state index contributed by atoms with van der Waals surface area (Å²) < 4.78 is 11.8. The zero-order chi connectivity index (χ0) is 16.9. The van der Waals surface area contributed by atoms with E-state index in [1.165, 1.54) is 6.42 Å². The molecule has 1 amide bonds. The molecule has 1 atom stereocenters. The Bertz CT molecular complexity index is 575. The molecule has 24 heavy (non-hydrogen) atoms. The van der Waals surface area contributed by atoms with Crippen molar-refractivity contribution in [3.8, 4) is 5.75 Å². The Balaban J connectivity index is 1.61. The van der Waals surface area contributed by atoms with Gasteiger partial charge in [-0.2, -0.15) is 0 Å². The quantitative estimate of drug-likeness (QED) is 0.784. The van der Waals surface area contributed by atoms with Gasteiger partial charge in [-0.05, 0) is 59.9 Å². The van der Waals surface area contributed by atoms with Gasteiger partial charge in [0.05, 0.1) is 18.8 Å². The third kappa shape index (κ3) is 4.29. The maximum Gasteiger partial charge on any atom is 0.255 e. The van der Waals surface area contributed by atoms with E-state index in [4.69, 9.17) is 9.47 Å². The Labute approximate surface area is 152 Å². The van der Waals surface area contributed by atoms with E-state index in [1.807, 2.05) is 17.0 Å². The van der Waals surface area contributed by atoms with Crippen LogP contribution in [-0.2, 0) is 4.74 Å². The Morgan fingerprint density at radius 1 is 1.29 bits per heavy atom. The maximum absolute atomic E-state index is 12.9. The molecule has 0 aliphatic carbocycles. The molecule has 0 radical (unpaired) electrons. The van der Waals surface area contributed by atoms with Crippen LogP contribution >= 0.6 is 15.9 Å². The zero-order valence-corrected chi connectivity index (χ0v) is 15.8. The van der Waals surface area contributed by atoms with Crippen LogP contribution in [0.3, 0.4) is 0 Å². The second-order valence-corrected chi connectivity index (χ2v) is 7.28. The molecule has 2 saturated heterocycles. The van der Waals surface area contributed by atoms with E-state index in [0.29, 0.717) is 17.4 Å². The Morgan fingerprint density at radius 2 is 2.17 bits per heavy atom. The van der Waals surface area contributed by atoms with Crippen molar-refractivity contribution in [3.63, 3.8) is 0 Å². The number of carbonyl (C=O) groups excluding carboxylic acids is 1. The van der Waals surface area contributed by atoms with Gasteiger partial charge >= 0.3 is 0 Å². The van der Waals surface area contributed by atoms with E-state index < -0.39 is 0 Å². The van der Waals surface area contributed by atoms with Crippen LogP contribution in [0, 0.1) is 0 Å². The Kier molecular flexibility index (Phi) is 6.14. The van der Waals surface area contributed by atoms with Gasteiger partial charge in [0.2, 0.25) is 0 Å². The normalized spacial score (nSPS) is 22.4. The van der Waals surface area contributed by atoms with Crippen LogP contribution in [0.15, 0.2) is 22.7 Å². The first kappa shape index (κ1) is 17.7. The summed E-state index contributed by atoms with van der Waals surface area (Å²) in [6, 6.07) is 5.53. The van der Waals surface area contributed by atoms with Crippen molar-refractivity contribution >= 4 is 21.8 Å². The number of benzene rings is 1. The minimum Gasteiger partial charge on any atom is -0.497 e. The molecule has 2 fully saturated rings. The Hall–Kier alpha value is -1.11. The molecule has 0 bridgehead atoms. The molecule has 2 aliphatic rings. The second kappa shape index (κ2) is 8.32. The number of methoxy groups -OCH3 is 1. The summed E-state index contributed by atoms with van der Waals surface area (Å²) in [5.74, 6) is 0.774. The standard InChI is InChI=1S/C18H25BrN2O3/c1-23-14-5-6-17(19)16(12-14)18(22)21-8-3-7-20(9-10-21)13-15-4-2-11-24-15/h5-6,12,15H,2-4,7-11,13H2,1H3. The number of amides is 1. The molecule has 132 valence electrons. The minimum atomic E-state index is 0.0692. The third-order valence-corrected chi connectivity index (χ3v) is 5.46. The molecule has 5 nitrogen and oxygen atoms in total. The monoisotopic (exact) mass is 396 g/mol. The van der Waals surface area contributed by atoms with Crippen LogP contribution in [0.5, 0.6) is 5.75 Å². The van der Waals surface area contributed by atoms with Gasteiger partial charge in [0.1, 0.15) is 5.75 Å². The topological polar surface area (TPSA) is 42.0 Å². The third-order valence-electron chi connectivity index (χ3n) is 4.77. The van der Waals surface area contributed by atoms with Crippen molar-refractivity contribution in [2.24, 2.45) is 0 Å². The zero-order valence-electron chi connectivity index (χ0n) is 14.2.